The molecule has 0 aliphatic carbocycles. The highest BCUT2D eigenvalue weighted by Gasteiger charge is 2.09. The Bertz CT molecular complexity index is 954. The minimum Gasteiger partial charge on any atom is -0.367 e. The third-order valence-electron chi connectivity index (χ3n) is 4.52. The van der Waals surface area contributed by atoms with Gasteiger partial charge in [-0.15, -0.1) is 0 Å². The Morgan fingerprint density at radius 1 is 0.676 bits per heavy atom. The first kappa shape index (κ1) is 32.1. The van der Waals surface area contributed by atoms with Crippen LogP contribution < -0.4 is 0 Å². The zero-order chi connectivity index (χ0) is 27.2. The average Bonchev–Trinajstić information content (AvgIpc) is 2.86. The zero-order valence-electron chi connectivity index (χ0n) is 21.7. The van der Waals surface area contributed by atoms with Gasteiger partial charge in [0.25, 0.3) is 0 Å². The SMILES string of the molecule is C=C(C)C(=O)SCCOC(C)Sc1ccc(Sc2ccc(SC(C)OCCSC(=O)C(=C)C)cc2)cc1. The molecule has 0 saturated heterocycles. The Morgan fingerprint density at radius 3 is 1.32 bits per heavy atom. The van der Waals surface area contributed by atoms with Gasteiger partial charge in [-0.2, -0.15) is 0 Å². The number of hydrogen-bond donors (Lipinski definition) is 0. The first-order valence-corrected chi connectivity index (χ1v) is 16.3. The van der Waals surface area contributed by atoms with Gasteiger partial charge in [0.1, 0.15) is 10.9 Å². The lowest BCUT2D eigenvalue weighted by molar-refractivity contribution is -0.108. The third-order valence-corrected chi connectivity index (χ3v) is 9.53. The third kappa shape index (κ3) is 13.5. The molecule has 0 spiro atoms. The molecule has 0 heterocycles. The zero-order valence-corrected chi connectivity index (χ0v) is 25.8. The van der Waals surface area contributed by atoms with Crippen molar-refractivity contribution >= 4 is 69.0 Å². The minimum atomic E-state index is 0.00744. The van der Waals surface area contributed by atoms with Crippen LogP contribution in [0.25, 0.3) is 0 Å². The monoisotopic (exact) mass is 594 g/mol. The summed E-state index contributed by atoms with van der Waals surface area (Å²) in [6, 6.07) is 16.9. The fourth-order valence-electron chi connectivity index (χ4n) is 2.70. The van der Waals surface area contributed by atoms with Crippen molar-refractivity contribution in [3.8, 4) is 0 Å². The molecular weight excluding hydrogens is 561 g/mol. The fourth-order valence-corrected chi connectivity index (χ4v) is 6.42. The largest absolute Gasteiger partial charge is 0.367 e. The summed E-state index contributed by atoms with van der Waals surface area (Å²) in [6.07, 6.45) is 0. The van der Waals surface area contributed by atoms with Crippen LogP contribution in [0.1, 0.15) is 27.7 Å². The van der Waals surface area contributed by atoms with E-state index in [1.165, 1.54) is 33.3 Å². The Morgan fingerprint density at radius 2 is 1.00 bits per heavy atom. The highest BCUT2D eigenvalue weighted by atomic mass is 32.2. The average molecular weight is 595 g/mol. The molecule has 9 heteroatoms. The van der Waals surface area contributed by atoms with Crippen LogP contribution in [0.5, 0.6) is 0 Å². The number of thioether (sulfide) groups is 4. The summed E-state index contributed by atoms with van der Waals surface area (Å²) in [4.78, 5) is 27.8. The molecule has 0 bridgehead atoms. The summed E-state index contributed by atoms with van der Waals surface area (Å²) < 4.78 is 11.6. The van der Waals surface area contributed by atoms with Crippen molar-refractivity contribution in [2.45, 2.75) is 58.1 Å². The topological polar surface area (TPSA) is 52.6 Å². The van der Waals surface area contributed by atoms with Gasteiger partial charge in [0.05, 0.1) is 13.2 Å². The molecule has 0 saturated carbocycles. The van der Waals surface area contributed by atoms with E-state index in [4.69, 9.17) is 9.47 Å². The lowest BCUT2D eigenvalue weighted by Gasteiger charge is -2.13. The predicted molar refractivity (Wildman–Crippen MR) is 164 cm³/mol. The second-order valence-electron chi connectivity index (χ2n) is 7.99. The molecule has 2 aromatic carbocycles. The van der Waals surface area contributed by atoms with Crippen molar-refractivity contribution in [3.63, 3.8) is 0 Å². The Kier molecular flexibility index (Phi) is 15.2. The van der Waals surface area contributed by atoms with Crippen molar-refractivity contribution in [3.05, 3.63) is 72.8 Å². The van der Waals surface area contributed by atoms with Crippen molar-refractivity contribution < 1.29 is 19.1 Å². The van der Waals surface area contributed by atoms with Gasteiger partial charge in [-0.1, -0.05) is 72.0 Å². The fraction of sp³-hybridized carbons (Fsp3) is 0.357. The van der Waals surface area contributed by atoms with Crippen LogP contribution in [-0.4, -0.2) is 45.8 Å². The molecule has 2 rings (SSSR count). The first-order chi connectivity index (χ1) is 17.6. The summed E-state index contributed by atoms with van der Waals surface area (Å²) in [7, 11) is 0. The van der Waals surface area contributed by atoms with E-state index in [1.807, 2.05) is 13.8 Å². The minimum absolute atomic E-state index is 0.00744. The van der Waals surface area contributed by atoms with E-state index in [1.54, 1.807) is 49.1 Å². The highest BCUT2D eigenvalue weighted by molar-refractivity contribution is 8.14. The molecule has 200 valence electrons. The van der Waals surface area contributed by atoms with Crippen molar-refractivity contribution in [2.24, 2.45) is 0 Å². The normalized spacial score (nSPS) is 12.6. The number of rotatable bonds is 16. The number of benzene rings is 2. The van der Waals surface area contributed by atoms with Crippen molar-refractivity contribution in [1.29, 1.82) is 0 Å². The number of ether oxygens (including phenoxy) is 2. The van der Waals surface area contributed by atoms with E-state index in [0.29, 0.717) is 35.9 Å². The van der Waals surface area contributed by atoms with Gasteiger partial charge in [0.15, 0.2) is 0 Å². The van der Waals surface area contributed by atoms with Crippen LogP contribution in [-0.2, 0) is 19.1 Å². The maximum Gasteiger partial charge on any atom is 0.214 e. The van der Waals surface area contributed by atoms with Gasteiger partial charge in [-0.05, 0) is 87.4 Å². The summed E-state index contributed by atoms with van der Waals surface area (Å²) in [6.45, 7) is 15.9. The highest BCUT2D eigenvalue weighted by Crippen LogP contribution is 2.33. The van der Waals surface area contributed by atoms with E-state index >= 15 is 0 Å². The van der Waals surface area contributed by atoms with E-state index in [-0.39, 0.29) is 21.1 Å². The molecule has 2 atom stereocenters. The van der Waals surface area contributed by atoms with E-state index in [0.717, 1.165) is 9.79 Å². The summed E-state index contributed by atoms with van der Waals surface area (Å²) in [5.41, 5.74) is 1.15. The Labute approximate surface area is 242 Å². The lowest BCUT2D eigenvalue weighted by Crippen LogP contribution is -2.07. The van der Waals surface area contributed by atoms with Crippen LogP contribution >= 0.6 is 58.8 Å². The van der Waals surface area contributed by atoms with Crippen LogP contribution in [0, 0.1) is 0 Å². The molecule has 0 radical (unpaired) electrons. The standard InChI is InChI=1S/C28H34O4S5/c1-19(2)27(29)33-17-15-31-21(5)35-23-7-11-25(12-8-23)37-26-13-9-24(10-14-26)36-22(6)32-16-18-34-28(30)20(3)4/h7-14,21-22H,1,3,15-18H2,2,4-6H3. The molecule has 2 unspecified atom stereocenters. The molecule has 0 aliphatic rings. The molecular formula is C28H34O4S5. The van der Waals surface area contributed by atoms with E-state index in [9.17, 15) is 9.59 Å². The molecule has 0 amide bonds. The lowest BCUT2D eigenvalue weighted by atomic mass is 10.4. The van der Waals surface area contributed by atoms with Gasteiger partial charge >= 0.3 is 0 Å². The molecule has 2 aromatic rings. The van der Waals surface area contributed by atoms with E-state index < -0.39 is 0 Å². The molecule has 0 aromatic heterocycles. The summed E-state index contributed by atoms with van der Waals surface area (Å²) in [5.74, 6) is 1.26. The predicted octanol–water partition coefficient (Wildman–Crippen LogP) is 8.42. The van der Waals surface area contributed by atoms with Crippen LogP contribution in [0.3, 0.4) is 0 Å². The number of carbonyl (C=O) groups excluding carboxylic acids is 2. The number of hydrogen-bond acceptors (Lipinski definition) is 9. The van der Waals surface area contributed by atoms with Crippen molar-refractivity contribution in [1.82, 2.24) is 0 Å². The van der Waals surface area contributed by atoms with E-state index in [2.05, 4.69) is 61.7 Å². The molecule has 0 N–H and O–H groups in total. The maximum atomic E-state index is 11.6. The van der Waals surface area contributed by atoms with Gasteiger partial charge in [-0.25, -0.2) is 0 Å². The molecule has 4 nitrogen and oxygen atoms in total. The van der Waals surface area contributed by atoms with Gasteiger partial charge in [0, 0.05) is 31.1 Å². The molecule has 0 fully saturated rings. The van der Waals surface area contributed by atoms with Crippen LogP contribution in [0.2, 0.25) is 0 Å². The van der Waals surface area contributed by atoms with Gasteiger partial charge < -0.3 is 9.47 Å². The maximum absolute atomic E-state index is 11.6. The van der Waals surface area contributed by atoms with Crippen LogP contribution in [0.15, 0.2) is 92.4 Å². The summed E-state index contributed by atoms with van der Waals surface area (Å²) >= 11 is 7.54. The smallest absolute Gasteiger partial charge is 0.214 e. The second-order valence-corrected chi connectivity index (χ2v) is 14.0. The van der Waals surface area contributed by atoms with Gasteiger partial charge in [0.2, 0.25) is 10.2 Å². The molecule has 37 heavy (non-hydrogen) atoms. The molecule has 0 aliphatic heterocycles. The summed E-state index contributed by atoms with van der Waals surface area (Å²) in [5, 5.41) is 0.0434. The quantitative estimate of drug-likeness (QED) is 0.0825. The Balaban J connectivity index is 1.71. The second kappa shape index (κ2) is 17.5. The Hall–Kier alpha value is -1.07. The first-order valence-electron chi connectivity index (χ1n) is 11.7. The van der Waals surface area contributed by atoms with Crippen molar-refractivity contribution in [2.75, 3.05) is 24.7 Å². The number of carbonyl (C=O) groups is 2. The van der Waals surface area contributed by atoms with Gasteiger partial charge in [-0.3, -0.25) is 9.59 Å². The van der Waals surface area contributed by atoms with Crippen LogP contribution in [0.4, 0.5) is 0 Å².